The number of hydrogen-bond donors (Lipinski definition) is 0. The fraction of sp³-hybridized carbons (Fsp3) is 0. The van der Waals surface area contributed by atoms with Crippen LogP contribution in [0, 0.1) is 18.8 Å². The topological polar surface area (TPSA) is 0 Å². The van der Waals surface area contributed by atoms with Crippen molar-refractivity contribution in [1.82, 2.24) is 0 Å². The van der Waals surface area contributed by atoms with Crippen molar-refractivity contribution in [1.29, 1.82) is 0 Å². The second kappa shape index (κ2) is 16.2. The zero-order valence-corrected chi connectivity index (χ0v) is 4.86. The molecule has 0 bridgehead atoms. The molecule has 0 aliphatic carbocycles. The van der Waals surface area contributed by atoms with Crippen molar-refractivity contribution < 1.29 is 37.7 Å². The van der Waals surface area contributed by atoms with E-state index in [9.17, 15) is 0 Å². The maximum Gasteiger partial charge on any atom is 1.00 e. The molecular formula is C5H4Li2. The van der Waals surface area contributed by atoms with Gasteiger partial charge in [-0.2, -0.15) is 0 Å². The van der Waals surface area contributed by atoms with E-state index in [-0.39, 0.29) is 37.7 Å². The molecule has 0 rings (SSSR count). The van der Waals surface area contributed by atoms with Gasteiger partial charge in [0.05, 0.1) is 0 Å². The minimum absolute atomic E-state index is 0. The second-order valence-corrected chi connectivity index (χ2v) is 0.547. The third kappa shape index (κ3) is 21.7. The molecule has 0 radical (unpaired) electrons. The summed E-state index contributed by atoms with van der Waals surface area (Å²) in [5.41, 5.74) is 0. The van der Waals surface area contributed by atoms with Crippen LogP contribution in [0.1, 0.15) is 0 Å². The Kier molecular flexibility index (Phi) is 36.2. The summed E-state index contributed by atoms with van der Waals surface area (Å²) in [6.07, 6.45) is 9.16. The van der Waals surface area contributed by atoms with Gasteiger partial charge in [-0.3, -0.25) is 0 Å². The summed E-state index contributed by atoms with van der Waals surface area (Å²) in [5, 5.41) is 0. The first-order chi connectivity index (χ1) is 2.41. The van der Waals surface area contributed by atoms with Gasteiger partial charge in [0.15, 0.2) is 0 Å². The molecule has 0 N–H and O–H groups in total. The van der Waals surface area contributed by atoms with Crippen molar-refractivity contribution in [3.63, 3.8) is 0 Å². The molecule has 0 aliphatic heterocycles. The maximum atomic E-state index is 6.23. The average Bonchev–Trinajstić information content (AvgIpc) is 1.41. The van der Waals surface area contributed by atoms with Crippen LogP contribution >= 0.6 is 0 Å². The summed E-state index contributed by atoms with van der Waals surface area (Å²) < 4.78 is 0. The summed E-state index contributed by atoms with van der Waals surface area (Å²) in [7, 11) is 0. The van der Waals surface area contributed by atoms with Gasteiger partial charge in [0.1, 0.15) is 0 Å². The minimum Gasteiger partial charge on any atom is -0.729 e. The Morgan fingerprint density at radius 3 is 2.00 bits per heavy atom. The molecule has 0 fully saturated rings. The molecule has 26 valence electrons. The average molecular weight is 78.0 g/mol. The Labute approximate surface area is 69.1 Å². The van der Waals surface area contributed by atoms with Crippen molar-refractivity contribution in [2.75, 3.05) is 0 Å². The third-order valence-electron chi connectivity index (χ3n) is 0.201. The minimum atomic E-state index is 0. The van der Waals surface area contributed by atoms with E-state index in [0.29, 0.717) is 0 Å². The largest absolute Gasteiger partial charge is 1.00 e. The molecule has 0 saturated carbocycles. The number of allylic oxidation sites excluding steroid dienone is 1. The van der Waals surface area contributed by atoms with Crippen LogP contribution in [0.4, 0.5) is 0 Å². The van der Waals surface area contributed by atoms with Crippen molar-refractivity contribution >= 4 is 0 Å². The Hall–Kier alpha value is 0.365. The SMILES string of the molecule is [C-]#C[CH-]C=C.[Li+].[Li+]. The molecule has 0 heterocycles. The molecular weight excluding hydrogens is 73.9 g/mol. The Morgan fingerprint density at radius 2 is 2.00 bits per heavy atom. The second-order valence-electron chi connectivity index (χ2n) is 0.547. The molecule has 2 heteroatoms. The molecule has 0 spiro atoms. The van der Waals surface area contributed by atoms with E-state index in [1.165, 1.54) is 12.5 Å². The molecule has 0 aromatic rings. The van der Waals surface area contributed by atoms with Gasteiger partial charge in [0.2, 0.25) is 0 Å². The van der Waals surface area contributed by atoms with Crippen molar-refractivity contribution in [3.05, 3.63) is 25.5 Å². The normalized spacial score (nSPS) is 3.29. The molecule has 7 heavy (non-hydrogen) atoms. The van der Waals surface area contributed by atoms with Crippen molar-refractivity contribution in [2.45, 2.75) is 0 Å². The summed E-state index contributed by atoms with van der Waals surface area (Å²) >= 11 is 0. The van der Waals surface area contributed by atoms with Crippen LogP contribution in [0.25, 0.3) is 0 Å². The monoisotopic (exact) mass is 78.1 g/mol. The fourth-order valence-corrected chi connectivity index (χ4v) is 0.0589. The summed E-state index contributed by atoms with van der Waals surface area (Å²) in [6.45, 7) is 3.31. The zero-order valence-electron chi connectivity index (χ0n) is 4.86. The zero-order chi connectivity index (χ0) is 4.12. The molecule has 0 atom stereocenters. The Morgan fingerprint density at radius 1 is 1.57 bits per heavy atom. The summed E-state index contributed by atoms with van der Waals surface area (Å²) in [5.74, 6) is 2.02. The van der Waals surface area contributed by atoms with E-state index in [4.69, 9.17) is 6.42 Å². The van der Waals surface area contributed by atoms with Gasteiger partial charge < -0.3 is 18.8 Å². The quantitative estimate of drug-likeness (QED) is 0.167. The van der Waals surface area contributed by atoms with Gasteiger partial charge >= 0.3 is 37.7 Å². The van der Waals surface area contributed by atoms with E-state index < -0.39 is 0 Å². The summed E-state index contributed by atoms with van der Waals surface area (Å²) in [4.78, 5) is 0. The summed E-state index contributed by atoms with van der Waals surface area (Å²) in [6, 6.07) is 0. The first kappa shape index (κ1) is 15.7. The van der Waals surface area contributed by atoms with E-state index in [0.717, 1.165) is 0 Å². The molecule has 0 unspecified atom stereocenters. The van der Waals surface area contributed by atoms with Crippen molar-refractivity contribution in [2.24, 2.45) is 0 Å². The van der Waals surface area contributed by atoms with Gasteiger partial charge in [0.25, 0.3) is 0 Å². The Balaban J connectivity index is -0.0000000800. The van der Waals surface area contributed by atoms with Gasteiger partial charge in [0, 0.05) is 0 Å². The van der Waals surface area contributed by atoms with E-state index in [1.54, 1.807) is 0 Å². The predicted octanol–water partition coefficient (Wildman–Crippen LogP) is -5.03. The maximum absolute atomic E-state index is 6.23. The first-order valence-corrected chi connectivity index (χ1v) is 1.28. The van der Waals surface area contributed by atoms with Crippen LogP contribution in [0.3, 0.4) is 0 Å². The first-order valence-electron chi connectivity index (χ1n) is 1.28. The smallest absolute Gasteiger partial charge is 0.729 e. The molecule has 0 amide bonds. The molecule has 0 saturated heterocycles. The van der Waals surface area contributed by atoms with Crippen LogP contribution in [0.2, 0.25) is 0 Å². The molecule has 0 aromatic carbocycles. The van der Waals surface area contributed by atoms with Crippen molar-refractivity contribution in [3.8, 4) is 5.92 Å². The van der Waals surface area contributed by atoms with E-state index >= 15 is 0 Å². The van der Waals surface area contributed by atoms with Crippen LogP contribution in [-0.4, -0.2) is 0 Å². The fourth-order valence-electron chi connectivity index (χ4n) is 0.0589. The van der Waals surface area contributed by atoms with Gasteiger partial charge in [-0.05, 0) is 0 Å². The van der Waals surface area contributed by atoms with Crippen LogP contribution in [0.15, 0.2) is 12.7 Å². The molecule has 0 nitrogen and oxygen atoms in total. The Bertz CT molecular complexity index is 61.0. The molecule has 0 aromatic heterocycles. The van der Waals surface area contributed by atoms with Crippen LogP contribution in [0.5, 0.6) is 0 Å². The standard InChI is InChI=1S/C5H4.2Li/c1-3-5-4-2;;/h3,5H,1H2;;/q-2;2*+1. The number of rotatable bonds is 1. The van der Waals surface area contributed by atoms with Crippen LogP contribution in [-0.2, 0) is 0 Å². The number of hydrogen-bond acceptors (Lipinski definition) is 0. The molecule has 0 aliphatic rings. The van der Waals surface area contributed by atoms with Gasteiger partial charge in [-0.25, -0.2) is 6.08 Å². The van der Waals surface area contributed by atoms with Gasteiger partial charge in [-0.15, -0.1) is 6.58 Å². The van der Waals surface area contributed by atoms with E-state index in [1.807, 2.05) is 5.92 Å². The predicted molar refractivity (Wildman–Crippen MR) is 21.6 cm³/mol. The van der Waals surface area contributed by atoms with Crippen LogP contribution < -0.4 is 37.7 Å². The van der Waals surface area contributed by atoms with E-state index in [2.05, 4.69) is 6.58 Å². The third-order valence-corrected chi connectivity index (χ3v) is 0.201. The van der Waals surface area contributed by atoms with Gasteiger partial charge in [-0.1, -0.05) is 0 Å².